The summed E-state index contributed by atoms with van der Waals surface area (Å²) in [4.78, 5) is 4.03. The van der Waals surface area contributed by atoms with Crippen LogP contribution in [-0.2, 0) is 0 Å². The predicted molar refractivity (Wildman–Crippen MR) is 91.6 cm³/mol. The first-order valence-electron chi connectivity index (χ1n) is 6.85. The lowest BCUT2D eigenvalue weighted by atomic mass is 9.84. The molecule has 23 heavy (non-hydrogen) atoms. The van der Waals surface area contributed by atoms with Gasteiger partial charge in [-0.3, -0.25) is 4.98 Å². The van der Waals surface area contributed by atoms with Crippen LogP contribution in [-0.4, -0.2) is 22.6 Å². The van der Waals surface area contributed by atoms with Gasteiger partial charge in [-0.2, -0.15) is 5.26 Å². The molecule has 0 bridgehead atoms. The van der Waals surface area contributed by atoms with E-state index in [2.05, 4.69) is 11.6 Å². The zero-order valence-electron chi connectivity index (χ0n) is 12.3. The van der Waals surface area contributed by atoms with Gasteiger partial charge in [-0.05, 0) is 29.8 Å². The fourth-order valence-corrected chi connectivity index (χ4v) is 1.92. The van der Waals surface area contributed by atoms with E-state index in [9.17, 15) is 5.11 Å². The monoisotopic (exact) mass is 301 g/mol. The number of pyridine rings is 1. The first kappa shape index (κ1) is 16.3. The Morgan fingerprint density at radius 3 is 2.39 bits per heavy atom. The van der Waals surface area contributed by atoms with Crippen molar-refractivity contribution in [2.45, 2.75) is 0 Å². The Morgan fingerprint density at radius 1 is 1.09 bits per heavy atom. The van der Waals surface area contributed by atoms with Gasteiger partial charge in [0.2, 0.25) is 0 Å². The van der Waals surface area contributed by atoms with E-state index in [1.807, 2.05) is 24.3 Å². The Kier molecular flexibility index (Phi) is 5.51. The van der Waals surface area contributed by atoms with Gasteiger partial charge < -0.3 is 10.1 Å². The third-order valence-corrected chi connectivity index (χ3v) is 3.15. The highest BCUT2D eigenvalue weighted by Crippen LogP contribution is 2.20. The second kappa shape index (κ2) is 7.78. The molecule has 1 heterocycles. The summed E-state index contributed by atoms with van der Waals surface area (Å²) in [5, 5.41) is 27.4. The van der Waals surface area contributed by atoms with Gasteiger partial charge in [-0.15, -0.1) is 6.58 Å². The van der Waals surface area contributed by atoms with Crippen LogP contribution < -0.4 is 0 Å². The molecule has 0 aliphatic rings. The van der Waals surface area contributed by atoms with E-state index in [1.165, 1.54) is 0 Å². The normalized spacial score (nSPS) is 9.39. The molecule has 0 saturated carbocycles. The summed E-state index contributed by atoms with van der Waals surface area (Å²) in [7, 11) is 0.946. The molecule has 2 aromatic carbocycles. The molecule has 0 aliphatic heterocycles. The van der Waals surface area contributed by atoms with Crippen molar-refractivity contribution in [3.8, 4) is 11.8 Å². The van der Waals surface area contributed by atoms with Crippen molar-refractivity contribution in [2.24, 2.45) is 0 Å². The maximum absolute atomic E-state index is 9.31. The average Bonchev–Trinajstić information content (AvgIpc) is 2.62. The summed E-state index contributed by atoms with van der Waals surface area (Å²) >= 11 is 0. The van der Waals surface area contributed by atoms with Gasteiger partial charge in [-0.25, -0.2) is 0 Å². The van der Waals surface area contributed by atoms with Crippen molar-refractivity contribution in [1.29, 1.82) is 5.26 Å². The van der Waals surface area contributed by atoms with E-state index in [1.54, 1.807) is 42.6 Å². The Labute approximate surface area is 135 Å². The molecule has 0 aliphatic carbocycles. The Bertz CT molecular complexity index is 850. The number of hydrogen-bond donors (Lipinski definition) is 2. The summed E-state index contributed by atoms with van der Waals surface area (Å²) < 4.78 is 0. The fourth-order valence-electron chi connectivity index (χ4n) is 1.92. The minimum Gasteiger partial charge on any atom is -0.506 e. The van der Waals surface area contributed by atoms with Crippen LogP contribution in [0.5, 0.6) is 5.75 Å². The van der Waals surface area contributed by atoms with E-state index in [0.29, 0.717) is 16.6 Å². The molecule has 1 aromatic heterocycles. The standard InChI is InChI=1S/C9H7BNO.C9H7NO/c1-7(10-12)9-4-2-8(6-11)3-5-9;11-8-5-1-3-7-4-2-6-10-9(7)8/h2-5,12H,1H2;1-6,11H. The Morgan fingerprint density at radius 2 is 1.78 bits per heavy atom. The van der Waals surface area contributed by atoms with Crippen molar-refractivity contribution in [2.75, 3.05) is 0 Å². The second-order valence-electron chi connectivity index (χ2n) is 4.70. The van der Waals surface area contributed by atoms with Gasteiger partial charge in [0.15, 0.2) is 0 Å². The number of para-hydroxylation sites is 1. The fraction of sp³-hybridized carbons (Fsp3) is 0. The number of nitriles is 1. The number of hydrogen-bond acceptors (Lipinski definition) is 4. The number of aromatic hydroxyl groups is 1. The zero-order valence-corrected chi connectivity index (χ0v) is 12.3. The van der Waals surface area contributed by atoms with Gasteiger partial charge >= 0.3 is 7.48 Å². The molecular weight excluding hydrogens is 287 g/mol. The van der Waals surface area contributed by atoms with Crippen molar-refractivity contribution in [1.82, 2.24) is 4.98 Å². The highest BCUT2D eigenvalue weighted by Gasteiger charge is 1.98. The summed E-state index contributed by atoms with van der Waals surface area (Å²) in [5.41, 5.74) is 2.62. The molecule has 3 aromatic rings. The van der Waals surface area contributed by atoms with Crippen molar-refractivity contribution in [3.63, 3.8) is 0 Å². The van der Waals surface area contributed by atoms with Crippen LogP contribution in [0, 0.1) is 11.3 Å². The topological polar surface area (TPSA) is 77.1 Å². The number of phenolic OH excluding ortho intramolecular Hbond substituents is 1. The van der Waals surface area contributed by atoms with E-state index in [-0.39, 0.29) is 5.75 Å². The maximum Gasteiger partial charge on any atom is 0.326 e. The molecule has 2 N–H and O–H groups in total. The van der Waals surface area contributed by atoms with Crippen molar-refractivity contribution in [3.05, 3.63) is 78.5 Å². The first-order valence-corrected chi connectivity index (χ1v) is 6.85. The van der Waals surface area contributed by atoms with Gasteiger partial charge in [0.25, 0.3) is 0 Å². The zero-order chi connectivity index (χ0) is 16.7. The number of fused-ring (bicyclic) bond motifs is 1. The molecule has 1 radical (unpaired) electrons. The van der Waals surface area contributed by atoms with E-state index < -0.39 is 0 Å². The summed E-state index contributed by atoms with van der Waals surface area (Å²) in [6.07, 6.45) is 1.67. The lowest BCUT2D eigenvalue weighted by Gasteiger charge is -1.99. The highest BCUT2D eigenvalue weighted by molar-refractivity contribution is 6.53. The Balaban J connectivity index is 0.000000167. The molecule has 5 heteroatoms. The van der Waals surface area contributed by atoms with Gasteiger partial charge in [0.1, 0.15) is 11.3 Å². The van der Waals surface area contributed by atoms with E-state index in [0.717, 1.165) is 18.4 Å². The van der Waals surface area contributed by atoms with E-state index >= 15 is 0 Å². The van der Waals surface area contributed by atoms with Gasteiger partial charge in [-0.1, -0.05) is 35.8 Å². The molecule has 111 valence electrons. The van der Waals surface area contributed by atoms with Crippen LogP contribution in [0.1, 0.15) is 11.1 Å². The maximum atomic E-state index is 9.31. The number of benzene rings is 2. The third-order valence-electron chi connectivity index (χ3n) is 3.15. The lowest BCUT2D eigenvalue weighted by molar-refractivity contribution is 0.480. The van der Waals surface area contributed by atoms with Crippen molar-refractivity contribution < 1.29 is 10.1 Å². The molecular formula is C18H14BN2O2. The van der Waals surface area contributed by atoms with Crippen molar-refractivity contribution >= 4 is 23.9 Å². The minimum absolute atomic E-state index is 0.239. The number of phenols is 1. The van der Waals surface area contributed by atoms with Gasteiger partial charge in [0.05, 0.1) is 11.6 Å². The summed E-state index contributed by atoms with van der Waals surface area (Å²) in [5.74, 6) is 0.239. The van der Waals surface area contributed by atoms with E-state index in [4.69, 9.17) is 10.3 Å². The van der Waals surface area contributed by atoms with Crippen LogP contribution in [0.25, 0.3) is 16.4 Å². The number of aromatic nitrogens is 1. The molecule has 0 saturated heterocycles. The SMILES string of the molecule is C=C([B]O)c1ccc(C#N)cc1.Oc1cccc2cccnc12. The molecule has 4 nitrogen and oxygen atoms in total. The van der Waals surface area contributed by atoms with Crippen LogP contribution in [0.4, 0.5) is 0 Å². The summed E-state index contributed by atoms with van der Waals surface area (Å²) in [6, 6.07) is 18.0. The predicted octanol–water partition coefficient (Wildman–Crippen LogP) is 3.08. The minimum atomic E-state index is 0.239. The average molecular weight is 301 g/mol. The second-order valence-corrected chi connectivity index (χ2v) is 4.70. The quantitative estimate of drug-likeness (QED) is 0.713. The molecule has 0 unspecified atom stereocenters. The third kappa shape index (κ3) is 4.19. The van der Waals surface area contributed by atoms with Crippen LogP contribution in [0.3, 0.4) is 0 Å². The lowest BCUT2D eigenvalue weighted by Crippen LogP contribution is -1.92. The smallest absolute Gasteiger partial charge is 0.326 e. The molecule has 0 amide bonds. The first-order chi connectivity index (χ1) is 11.2. The molecule has 0 fully saturated rings. The Hall–Kier alpha value is -3.10. The number of rotatable bonds is 2. The summed E-state index contributed by atoms with van der Waals surface area (Å²) in [6.45, 7) is 3.61. The number of nitrogens with zero attached hydrogens (tertiary/aromatic N) is 2. The molecule has 0 atom stereocenters. The largest absolute Gasteiger partial charge is 0.506 e. The van der Waals surface area contributed by atoms with Crippen LogP contribution in [0.15, 0.2) is 67.4 Å². The van der Waals surface area contributed by atoms with Crippen LogP contribution in [0.2, 0.25) is 0 Å². The molecule has 0 spiro atoms. The highest BCUT2D eigenvalue weighted by atomic mass is 16.3. The molecule has 3 rings (SSSR count). The van der Waals surface area contributed by atoms with Crippen LogP contribution >= 0.6 is 0 Å². The van der Waals surface area contributed by atoms with Gasteiger partial charge in [0, 0.05) is 11.6 Å².